The number of benzene rings is 2. The van der Waals surface area contributed by atoms with Gasteiger partial charge in [0.25, 0.3) is 5.69 Å². The molecule has 0 aromatic heterocycles. The first-order valence-electron chi connectivity index (χ1n) is 9.52. The van der Waals surface area contributed by atoms with E-state index in [9.17, 15) is 19.7 Å². The number of likely N-dealkylation sites (N-methyl/N-ethyl adjacent to an activating group) is 1. The molecule has 0 bridgehead atoms. The Kier molecular flexibility index (Phi) is 6.31. The van der Waals surface area contributed by atoms with E-state index in [1.165, 1.54) is 18.2 Å². The number of hydrogen-bond donors (Lipinski definition) is 2. The Morgan fingerprint density at radius 1 is 1.20 bits per heavy atom. The fourth-order valence-electron chi connectivity index (χ4n) is 3.36. The molecule has 30 heavy (non-hydrogen) atoms. The van der Waals surface area contributed by atoms with Gasteiger partial charge < -0.3 is 20.3 Å². The van der Waals surface area contributed by atoms with Crippen molar-refractivity contribution in [2.24, 2.45) is 0 Å². The van der Waals surface area contributed by atoms with E-state index in [-0.39, 0.29) is 18.3 Å². The zero-order valence-corrected chi connectivity index (χ0v) is 17.1. The van der Waals surface area contributed by atoms with E-state index in [1.54, 1.807) is 6.92 Å². The number of rotatable bonds is 6. The zero-order valence-electron chi connectivity index (χ0n) is 17.1. The Bertz CT molecular complexity index is 989. The number of nitrogens with zero attached hydrogens (tertiary/aromatic N) is 2. The van der Waals surface area contributed by atoms with Crippen LogP contribution in [0.4, 0.5) is 11.4 Å². The van der Waals surface area contributed by atoms with E-state index in [2.05, 4.69) is 16.7 Å². The summed E-state index contributed by atoms with van der Waals surface area (Å²) in [5.41, 5.74) is 2.93. The number of carbonyl (C=O) groups excluding carboxylic acids is 2. The number of ether oxygens (including phenoxy) is 1. The molecule has 2 N–H and O–H groups in total. The Labute approximate surface area is 174 Å². The lowest BCUT2D eigenvalue weighted by Crippen LogP contribution is -2.40. The van der Waals surface area contributed by atoms with Gasteiger partial charge >= 0.3 is 11.8 Å². The number of fused-ring (bicyclic) bond motifs is 1. The summed E-state index contributed by atoms with van der Waals surface area (Å²) >= 11 is 0. The summed E-state index contributed by atoms with van der Waals surface area (Å²) in [6, 6.07) is 9.87. The second-order valence-electron chi connectivity index (χ2n) is 7.37. The third kappa shape index (κ3) is 4.74. The van der Waals surface area contributed by atoms with Crippen LogP contribution in [0.5, 0.6) is 5.75 Å². The van der Waals surface area contributed by atoms with Crippen molar-refractivity contribution in [1.29, 1.82) is 0 Å². The Morgan fingerprint density at radius 2 is 1.97 bits per heavy atom. The van der Waals surface area contributed by atoms with E-state index in [0.717, 1.165) is 23.3 Å². The highest BCUT2D eigenvalue weighted by Crippen LogP contribution is 2.29. The number of nitrogens with one attached hydrogen (secondary N) is 2. The normalized spacial score (nSPS) is 13.3. The Hall–Kier alpha value is -3.46. The average Bonchev–Trinajstić information content (AvgIpc) is 3.17. The summed E-state index contributed by atoms with van der Waals surface area (Å²) in [7, 11) is 3.81. The van der Waals surface area contributed by atoms with Crippen LogP contribution in [0.2, 0.25) is 0 Å². The standard InChI is InChI=1S/C21H24N4O5/c1-13-10-16(25(28)29)5-6-17(13)23-21(27)20(26)22-12-18(24(2)3)14-4-7-19-15(11-14)8-9-30-19/h4-7,10-11,18H,8-9,12H2,1-3H3,(H,22,26)(H,23,27). The lowest BCUT2D eigenvalue weighted by atomic mass is 10.0. The molecule has 0 spiro atoms. The Balaban J connectivity index is 1.63. The fourth-order valence-corrected chi connectivity index (χ4v) is 3.36. The summed E-state index contributed by atoms with van der Waals surface area (Å²) in [6.07, 6.45) is 0.854. The van der Waals surface area contributed by atoms with Crippen LogP contribution in [-0.2, 0) is 16.0 Å². The molecule has 158 valence electrons. The number of carbonyl (C=O) groups is 2. The molecule has 1 aliphatic rings. The summed E-state index contributed by atoms with van der Waals surface area (Å²) < 4.78 is 5.54. The number of non-ortho nitro benzene ring substituents is 1. The number of hydrogen-bond acceptors (Lipinski definition) is 6. The van der Waals surface area contributed by atoms with Crippen molar-refractivity contribution in [3.63, 3.8) is 0 Å². The summed E-state index contributed by atoms with van der Waals surface area (Å²) in [6.45, 7) is 2.54. The topological polar surface area (TPSA) is 114 Å². The van der Waals surface area contributed by atoms with Gasteiger partial charge in [-0.15, -0.1) is 0 Å². The maximum Gasteiger partial charge on any atom is 0.313 e. The molecular formula is C21H24N4O5. The van der Waals surface area contributed by atoms with Gasteiger partial charge in [0.2, 0.25) is 0 Å². The highest BCUT2D eigenvalue weighted by Gasteiger charge is 2.22. The average molecular weight is 412 g/mol. The summed E-state index contributed by atoms with van der Waals surface area (Å²) in [4.78, 5) is 36.9. The van der Waals surface area contributed by atoms with Crippen LogP contribution in [0, 0.1) is 17.0 Å². The first-order chi connectivity index (χ1) is 14.3. The van der Waals surface area contributed by atoms with E-state index in [0.29, 0.717) is 17.9 Å². The molecule has 1 heterocycles. The fraction of sp³-hybridized carbons (Fsp3) is 0.333. The smallest absolute Gasteiger partial charge is 0.313 e. The second kappa shape index (κ2) is 8.91. The molecular weight excluding hydrogens is 388 g/mol. The van der Waals surface area contributed by atoms with Crippen molar-refractivity contribution in [3.05, 3.63) is 63.2 Å². The monoisotopic (exact) mass is 412 g/mol. The maximum atomic E-state index is 12.3. The van der Waals surface area contributed by atoms with E-state index in [4.69, 9.17) is 4.74 Å². The highest BCUT2D eigenvalue weighted by molar-refractivity contribution is 6.39. The second-order valence-corrected chi connectivity index (χ2v) is 7.37. The number of aryl methyl sites for hydroxylation is 1. The van der Waals surface area contributed by atoms with Crippen molar-refractivity contribution in [1.82, 2.24) is 10.2 Å². The van der Waals surface area contributed by atoms with Crippen LogP contribution in [0.15, 0.2) is 36.4 Å². The van der Waals surface area contributed by atoms with Crippen molar-refractivity contribution < 1.29 is 19.2 Å². The molecule has 9 nitrogen and oxygen atoms in total. The minimum atomic E-state index is -0.827. The molecule has 0 saturated heterocycles. The third-order valence-corrected chi connectivity index (χ3v) is 5.05. The molecule has 0 fully saturated rings. The van der Waals surface area contributed by atoms with Crippen LogP contribution in [-0.4, -0.2) is 48.9 Å². The maximum absolute atomic E-state index is 12.3. The minimum Gasteiger partial charge on any atom is -0.493 e. The van der Waals surface area contributed by atoms with Crippen LogP contribution >= 0.6 is 0 Å². The van der Waals surface area contributed by atoms with Gasteiger partial charge in [-0.1, -0.05) is 12.1 Å². The molecule has 1 atom stereocenters. The SMILES string of the molecule is Cc1cc([N+](=O)[O-])ccc1NC(=O)C(=O)NCC(c1ccc2c(c1)CCO2)N(C)C. The van der Waals surface area contributed by atoms with Crippen molar-refractivity contribution in [3.8, 4) is 5.75 Å². The van der Waals surface area contributed by atoms with Crippen LogP contribution < -0.4 is 15.4 Å². The highest BCUT2D eigenvalue weighted by atomic mass is 16.6. The van der Waals surface area contributed by atoms with E-state index < -0.39 is 16.7 Å². The van der Waals surface area contributed by atoms with Gasteiger partial charge in [-0.05, 0) is 49.8 Å². The molecule has 9 heteroatoms. The predicted octanol–water partition coefficient (Wildman–Crippen LogP) is 2.20. The molecule has 1 aliphatic heterocycles. The van der Waals surface area contributed by atoms with Gasteiger partial charge in [-0.25, -0.2) is 0 Å². The lowest BCUT2D eigenvalue weighted by molar-refractivity contribution is -0.384. The zero-order chi connectivity index (χ0) is 21.8. The number of amides is 2. The molecule has 3 rings (SSSR count). The van der Waals surface area contributed by atoms with Crippen LogP contribution in [0.3, 0.4) is 0 Å². The van der Waals surface area contributed by atoms with Gasteiger partial charge in [0.15, 0.2) is 0 Å². The van der Waals surface area contributed by atoms with E-state index >= 15 is 0 Å². The van der Waals surface area contributed by atoms with Gasteiger partial charge in [0.05, 0.1) is 17.6 Å². The summed E-state index contributed by atoms with van der Waals surface area (Å²) in [5, 5.41) is 16.0. The van der Waals surface area contributed by atoms with Gasteiger partial charge in [-0.2, -0.15) is 0 Å². The first kappa shape index (κ1) is 21.3. The largest absolute Gasteiger partial charge is 0.493 e. The third-order valence-electron chi connectivity index (χ3n) is 5.05. The van der Waals surface area contributed by atoms with E-state index in [1.807, 2.05) is 31.1 Å². The van der Waals surface area contributed by atoms with Gasteiger partial charge in [0.1, 0.15) is 5.75 Å². The van der Waals surface area contributed by atoms with Gasteiger partial charge in [-0.3, -0.25) is 19.7 Å². The van der Waals surface area contributed by atoms with Crippen molar-refractivity contribution in [2.75, 3.05) is 32.6 Å². The quantitative estimate of drug-likeness (QED) is 0.427. The van der Waals surface area contributed by atoms with Crippen molar-refractivity contribution >= 4 is 23.2 Å². The number of anilines is 1. The van der Waals surface area contributed by atoms with Gasteiger partial charge in [0, 0.05) is 30.8 Å². The molecule has 2 aromatic rings. The molecule has 0 saturated carbocycles. The number of nitro benzene ring substituents is 1. The first-order valence-corrected chi connectivity index (χ1v) is 9.52. The Morgan fingerprint density at radius 3 is 2.63 bits per heavy atom. The minimum absolute atomic E-state index is 0.0801. The van der Waals surface area contributed by atoms with Crippen LogP contribution in [0.25, 0.3) is 0 Å². The lowest BCUT2D eigenvalue weighted by Gasteiger charge is -2.25. The molecule has 2 amide bonds. The van der Waals surface area contributed by atoms with Crippen molar-refractivity contribution in [2.45, 2.75) is 19.4 Å². The molecule has 2 aromatic carbocycles. The molecule has 1 unspecified atom stereocenters. The number of nitro groups is 1. The molecule has 0 radical (unpaired) electrons. The van der Waals surface area contributed by atoms with Crippen LogP contribution in [0.1, 0.15) is 22.7 Å². The predicted molar refractivity (Wildman–Crippen MR) is 112 cm³/mol. The summed E-state index contributed by atoms with van der Waals surface area (Å²) in [5.74, 6) is -0.714. The molecule has 0 aliphatic carbocycles.